The molecule has 2 aliphatic heterocycles. The monoisotopic (exact) mass is 646 g/mol. The smallest absolute Gasteiger partial charge is 0.338 e. The molecule has 1 amide bonds. The molecule has 1 saturated heterocycles. The van der Waals surface area contributed by atoms with Crippen LogP contribution < -0.4 is 4.74 Å². The summed E-state index contributed by atoms with van der Waals surface area (Å²) in [6, 6.07) is 16.1. The standard InChI is InChI=1S/C40H46N4O4/c1-40(2,3)48-39(46)27-13-15-32-34(24-27)44-25-29(36-33(12-9-17-41-36)38(45)43-20-18-42(4)19-21-43)22-28-23-30(47-5)14-16-31(28)37(44)35(32)26-10-7-6-8-11-26/h9,12-17,22-24,26H,6-8,10-11,18-21,25H2,1-5H3. The molecule has 0 spiro atoms. The van der Waals surface area contributed by atoms with Gasteiger partial charge in [-0.05, 0) is 112 Å². The normalized spacial score (nSPS) is 17.4. The van der Waals surface area contributed by atoms with Crippen molar-refractivity contribution < 1.29 is 19.1 Å². The summed E-state index contributed by atoms with van der Waals surface area (Å²) in [4.78, 5) is 36.5. The van der Waals surface area contributed by atoms with E-state index in [1.165, 1.54) is 35.9 Å². The molecule has 2 aromatic carbocycles. The number of carbonyl (C=O) groups excluding carboxylic acids is 2. The van der Waals surface area contributed by atoms with Crippen LogP contribution in [0.1, 0.15) is 96.3 Å². The molecular weight excluding hydrogens is 600 g/mol. The highest BCUT2D eigenvalue weighted by Gasteiger charge is 2.32. The Morgan fingerprint density at radius 3 is 2.44 bits per heavy atom. The Balaban J connectivity index is 1.44. The van der Waals surface area contributed by atoms with Gasteiger partial charge in [-0.25, -0.2) is 4.79 Å². The van der Waals surface area contributed by atoms with Crippen LogP contribution in [0.5, 0.6) is 5.75 Å². The molecule has 4 heterocycles. The molecule has 1 aliphatic carbocycles. The number of aromatic nitrogens is 2. The number of ether oxygens (including phenoxy) is 2. The maximum absolute atomic E-state index is 14.1. The predicted octanol–water partition coefficient (Wildman–Crippen LogP) is 7.66. The number of rotatable bonds is 5. The first kappa shape index (κ1) is 32.1. The number of allylic oxidation sites excluding steroid dienone is 1. The van der Waals surface area contributed by atoms with Crippen LogP contribution in [0.25, 0.3) is 33.8 Å². The molecule has 4 aromatic rings. The van der Waals surface area contributed by atoms with Gasteiger partial charge in [0.2, 0.25) is 0 Å². The average molecular weight is 647 g/mol. The molecule has 3 aliphatic rings. The average Bonchev–Trinajstić information content (AvgIpc) is 3.30. The van der Waals surface area contributed by atoms with E-state index in [-0.39, 0.29) is 11.9 Å². The maximum atomic E-state index is 14.1. The van der Waals surface area contributed by atoms with Gasteiger partial charge in [-0.3, -0.25) is 9.78 Å². The lowest BCUT2D eigenvalue weighted by Gasteiger charge is -2.32. The minimum atomic E-state index is -0.602. The molecule has 7 rings (SSSR count). The number of fused-ring (bicyclic) bond motifs is 5. The van der Waals surface area contributed by atoms with Crippen molar-refractivity contribution in [2.45, 2.75) is 70.9 Å². The van der Waals surface area contributed by atoms with Crippen LogP contribution in [0.2, 0.25) is 0 Å². The van der Waals surface area contributed by atoms with Crippen LogP contribution in [0.3, 0.4) is 0 Å². The van der Waals surface area contributed by atoms with Gasteiger partial charge in [-0.2, -0.15) is 0 Å². The molecule has 0 atom stereocenters. The number of likely N-dealkylation sites (N-methyl/N-ethyl adjacent to an activating group) is 1. The summed E-state index contributed by atoms with van der Waals surface area (Å²) < 4.78 is 13.9. The molecule has 0 bridgehead atoms. The van der Waals surface area contributed by atoms with E-state index in [4.69, 9.17) is 14.5 Å². The van der Waals surface area contributed by atoms with Gasteiger partial charge in [0, 0.05) is 48.8 Å². The lowest BCUT2D eigenvalue weighted by molar-refractivity contribution is 0.00695. The van der Waals surface area contributed by atoms with E-state index in [1.54, 1.807) is 13.3 Å². The molecule has 0 radical (unpaired) electrons. The Labute approximate surface area is 283 Å². The lowest BCUT2D eigenvalue weighted by Crippen LogP contribution is -2.47. The first-order valence-corrected chi connectivity index (χ1v) is 17.3. The Morgan fingerprint density at radius 2 is 1.71 bits per heavy atom. The van der Waals surface area contributed by atoms with Crippen molar-refractivity contribution in [3.63, 3.8) is 0 Å². The van der Waals surface area contributed by atoms with Gasteiger partial charge in [0.25, 0.3) is 5.91 Å². The number of hydrogen-bond donors (Lipinski definition) is 0. The summed E-state index contributed by atoms with van der Waals surface area (Å²) in [6.07, 6.45) is 9.90. The summed E-state index contributed by atoms with van der Waals surface area (Å²) in [5.74, 6) is 0.856. The number of esters is 1. The van der Waals surface area contributed by atoms with Crippen LogP contribution in [-0.4, -0.2) is 77.2 Å². The van der Waals surface area contributed by atoms with E-state index in [1.807, 2.05) is 56.0 Å². The van der Waals surface area contributed by atoms with Crippen molar-refractivity contribution in [2.75, 3.05) is 40.3 Å². The van der Waals surface area contributed by atoms with E-state index in [2.05, 4.69) is 40.8 Å². The topological polar surface area (TPSA) is 76.9 Å². The third-order valence-corrected chi connectivity index (χ3v) is 10.1. The number of carbonyl (C=O) groups is 2. The van der Waals surface area contributed by atoms with Crippen molar-refractivity contribution in [1.82, 2.24) is 19.4 Å². The third kappa shape index (κ3) is 6.14. The van der Waals surface area contributed by atoms with Gasteiger partial charge < -0.3 is 23.8 Å². The second-order valence-electron chi connectivity index (χ2n) is 14.5. The molecular formula is C40H46N4O4. The van der Waals surface area contributed by atoms with Crippen LogP contribution in [0.15, 0.2) is 54.7 Å². The Morgan fingerprint density at radius 1 is 0.938 bits per heavy atom. The number of nitrogens with zero attached hydrogens (tertiary/aromatic N) is 4. The SMILES string of the molecule is COc1ccc2c(c1)C=C(c1ncccc1C(=O)N1CCN(C)CC1)Cn1c-2c(C2CCCCC2)c2ccc(C(=O)OC(C)(C)C)cc21. The zero-order valence-corrected chi connectivity index (χ0v) is 28.8. The van der Waals surface area contributed by atoms with Gasteiger partial charge in [-0.15, -0.1) is 0 Å². The van der Waals surface area contributed by atoms with E-state index < -0.39 is 5.60 Å². The number of benzene rings is 2. The van der Waals surface area contributed by atoms with Crippen LogP contribution in [0, 0.1) is 0 Å². The van der Waals surface area contributed by atoms with E-state index in [9.17, 15) is 9.59 Å². The minimum absolute atomic E-state index is 0.00917. The Bertz CT molecular complexity index is 1900. The molecule has 2 fully saturated rings. The van der Waals surface area contributed by atoms with Crippen molar-refractivity contribution in [1.29, 1.82) is 0 Å². The van der Waals surface area contributed by atoms with Gasteiger partial charge in [0.05, 0.1) is 36.2 Å². The summed E-state index contributed by atoms with van der Waals surface area (Å²) in [5, 5.41) is 1.17. The number of pyridine rings is 1. The van der Waals surface area contributed by atoms with Crippen LogP contribution in [-0.2, 0) is 11.3 Å². The van der Waals surface area contributed by atoms with Gasteiger partial charge >= 0.3 is 5.97 Å². The summed E-state index contributed by atoms with van der Waals surface area (Å²) in [5.41, 5.74) is 7.81. The fourth-order valence-corrected chi connectivity index (χ4v) is 7.66. The first-order chi connectivity index (χ1) is 23.1. The number of hydrogen-bond acceptors (Lipinski definition) is 6. The second kappa shape index (κ2) is 12.9. The zero-order chi connectivity index (χ0) is 33.6. The molecule has 2 aromatic heterocycles. The van der Waals surface area contributed by atoms with E-state index in [0.29, 0.717) is 42.4 Å². The molecule has 48 heavy (non-hydrogen) atoms. The Kier molecular flexibility index (Phi) is 8.62. The summed E-state index contributed by atoms with van der Waals surface area (Å²) in [6.45, 7) is 9.24. The highest BCUT2D eigenvalue weighted by Crippen LogP contribution is 2.48. The quantitative estimate of drug-likeness (QED) is 0.207. The molecule has 8 nitrogen and oxygen atoms in total. The van der Waals surface area contributed by atoms with Crippen LogP contribution >= 0.6 is 0 Å². The van der Waals surface area contributed by atoms with Crippen molar-refractivity contribution >= 4 is 34.4 Å². The molecule has 0 N–H and O–H groups in total. The van der Waals surface area contributed by atoms with Crippen molar-refractivity contribution in [3.05, 3.63) is 82.7 Å². The molecule has 8 heteroatoms. The van der Waals surface area contributed by atoms with Gasteiger partial charge in [0.1, 0.15) is 11.4 Å². The second-order valence-corrected chi connectivity index (χ2v) is 14.5. The van der Waals surface area contributed by atoms with Crippen LogP contribution in [0.4, 0.5) is 0 Å². The highest BCUT2D eigenvalue weighted by molar-refractivity contribution is 6.04. The highest BCUT2D eigenvalue weighted by atomic mass is 16.6. The zero-order valence-electron chi connectivity index (χ0n) is 28.8. The maximum Gasteiger partial charge on any atom is 0.338 e. The predicted molar refractivity (Wildman–Crippen MR) is 190 cm³/mol. The summed E-state index contributed by atoms with van der Waals surface area (Å²) >= 11 is 0. The molecule has 250 valence electrons. The van der Waals surface area contributed by atoms with Crippen molar-refractivity contribution in [2.24, 2.45) is 0 Å². The minimum Gasteiger partial charge on any atom is -0.497 e. The third-order valence-electron chi connectivity index (χ3n) is 10.1. The van der Waals surface area contributed by atoms with E-state index >= 15 is 0 Å². The fourth-order valence-electron chi connectivity index (χ4n) is 7.66. The molecule has 1 saturated carbocycles. The molecule has 0 unspecified atom stereocenters. The number of amides is 1. The van der Waals surface area contributed by atoms with E-state index in [0.717, 1.165) is 53.9 Å². The number of methoxy groups -OCH3 is 1. The Hall–Kier alpha value is -4.43. The lowest BCUT2D eigenvalue weighted by atomic mass is 9.81. The first-order valence-electron chi connectivity index (χ1n) is 17.3. The van der Waals surface area contributed by atoms with Gasteiger partial charge in [-0.1, -0.05) is 25.3 Å². The summed E-state index contributed by atoms with van der Waals surface area (Å²) in [7, 11) is 3.78. The van der Waals surface area contributed by atoms with Gasteiger partial charge in [0.15, 0.2) is 0 Å². The van der Waals surface area contributed by atoms with Crippen molar-refractivity contribution in [3.8, 4) is 17.0 Å². The fraction of sp³-hybridized carbons (Fsp3) is 0.425. The largest absolute Gasteiger partial charge is 0.497 e. The number of piperazine rings is 1.